The first-order chi connectivity index (χ1) is 12.9. The number of anilines is 1. The lowest BCUT2D eigenvalue weighted by atomic mass is 10.2. The summed E-state index contributed by atoms with van der Waals surface area (Å²) in [6.45, 7) is 5.38. The molecule has 0 bridgehead atoms. The maximum absolute atomic E-state index is 12.7. The minimum absolute atomic E-state index is 0. The Kier molecular flexibility index (Phi) is 8.07. The highest BCUT2D eigenvalue weighted by Gasteiger charge is 2.28. The van der Waals surface area contributed by atoms with E-state index in [9.17, 15) is 8.42 Å². The molecule has 0 unspecified atom stereocenters. The number of hydrogen-bond acceptors (Lipinski definition) is 5. The number of sulfonamides is 1. The topological polar surface area (TPSA) is 86.7 Å². The van der Waals surface area contributed by atoms with Crippen molar-refractivity contribution in [3.8, 4) is 0 Å². The van der Waals surface area contributed by atoms with E-state index in [0.29, 0.717) is 25.6 Å². The summed E-state index contributed by atoms with van der Waals surface area (Å²) in [5.41, 5.74) is 2.90. The van der Waals surface area contributed by atoms with Gasteiger partial charge in [0.15, 0.2) is 5.96 Å². The minimum atomic E-state index is -3.37. The van der Waals surface area contributed by atoms with Crippen molar-refractivity contribution in [2.75, 3.05) is 30.2 Å². The Bertz CT molecular complexity index is 943. The summed E-state index contributed by atoms with van der Waals surface area (Å²) in [5, 5.41) is 7.33. The van der Waals surface area contributed by atoms with Crippen molar-refractivity contribution in [2.45, 2.75) is 26.8 Å². The van der Waals surface area contributed by atoms with Crippen molar-refractivity contribution >= 4 is 57.0 Å². The van der Waals surface area contributed by atoms with E-state index in [1.807, 2.05) is 38.1 Å². The molecule has 0 spiro atoms. The Hall–Kier alpha value is -1.40. The molecule has 2 heterocycles. The first kappa shape index (κ1) is 22.9. The second kappa shape index (κ2) is 9.88. The molecule has 0 fully saturated rings. The third-order valence-electron chi connectivity index (χ3n) is 4.47. The molecule has 7 nitrogen and oxygen atoms in total. The van der Waals surface area contributed by atoms with Gasteiger partial charge in [0.1, 0.15) is 0 Å². The zero-order valence-corrected chi connectivity index (χ0v) is 20.2. The van der Waals surface area contributed by atoms with Crippen LogP contribution in [0.25, 0.3) is 0 Å². The van der Waals surface area contributed by atoms with Crippen LogP contribution in [0.3, 0.4) is 0 Å². The lowest BCUT2D eigenvalue weighted by Crippen LogP contribution is -2.41. The number of nitrogens with one attached hydrogen (secondary N) is 2. The molecular formula is C18H26IN5O2S2. The highest BCUT2D eigenvalue weighted by atomic mass is 127. The molecule has 1 aliphatic rings. The largest absolute Gasteiger partial charge is 0.355 e. The van der Waals surface area contributed by atoms with Crippen LogP contribution >= 0.6 is 35.3 Å². The first-order valence-electron chi connectivity index (χ1n) is 8.86. The Morgan fingerprint density at radius 3 is 2.71 bits per heavy atom. The van der Waals surface area contributed by atoms with Crippen LogP contribution in [0.1, 0.15) is 21.1 Å². The van der Waals surface area contributed by atoms with Crippen LogP contribution in [0, 0.1) is 13.8 Å². The van der Waals surface area contributed by atoms with Gasteiger partial charge in [0.25, 0.3) is 0 Å². The molecule has 0 amide bonds. The van der Waals surface area contributed by atoms with Gasteiger partial charge in [0.2, 0.25) is 10.0 Å². The van der Waals surface area contributed by atoms with Gasteiger partial charge in [-0.15, -0.1) is 35.3 Å². The second-order valence-electron chi connectivity index (χ2n) is 6.36. The molecule has 0 aliphatic carbocycles. The van der Waals surface area contributed by atoms with Crippen LogP contribution in [0.2, 0.25) is 0 Å². The Morgan fingerprint density at radius 1 is 1.29 bits per heavy atom. The molecule has 10 heteroatoms. The summed E-state index contributed by atoms with van der Waals surface area (Å²) in [6, 6.07) is 7.67. The number of rotatable bonds is 6. The maximum Gasteiger partial charge on any atom is 0.236 e. The number of thiazole rings is 1. The number of hydrogen-bond donors (Lipinski definition) is 2. The van der Waals surface area contributed by atoms with Gasteiger partial charge in [-0.2, -0.15) is 0 Å². The molecular weight excluding hydrogens is 509 g/mol. The number of guanidine groups is 1. The van der Waals surface area contributed by atoms with E-state index < -0.39 is 10.0 Å². The monoisotopic (exact) mass is 535 g/mol. The summed E-state index contributed by atoms with van der Waals surface area (Å²) in [5.74, 6) is 0.596. The molecule has 1 aromatic carbocycles. The van der Waals surface area contributed by atoms with E-state index in [-0.39, 0.29) is 29.7 Å². The van der Waals surface area contributed by atoms with Gasteiger partial charge < -0.3 is 10.6 Å². The lowest BCUT2D eigenvalue weighted by Gasteiger charge is -2.20. The second-order valence-corrected chi connectivity index (χ2v) is 9.66. The fourth-order valence-corrected chi connectivity index (χ4v) is 5.43. The fraction of sp³-hybridized carbons (Fsp3) is 0.444. The van der Waals surface area contributed by atoms with Crippen LogP contribution in [-0.4, -0.2) is 45.3 Å². The van der Waals surface area contributed by atoms with Gasteiger partial charge in [-0.3, -0.25) is 9.30 Å². The zero-order chi connectivity index (χ0) is 19.4. The van der Waals surface area contributed by atoms with Gasteiger partial charge in [-0.1, -0.05) is 18.2 Å². The fourth-order valence-electron chi connectivity index (χ4n) is 3.13. The average Bonchev–Trinajstić information content (AvgIpc) is 3.21. The third-order valence-corrected chi connectivity index (χ3v) is 7.32. The van der Waals surface area contributed by atoms with E-state index in [2.05, 4.69) is 20.6 Å². The van der Waals surface area contributed by atoms with Gasteiger partial charge in [0.05, 0.1) is 28.7 Å². The smallest absolute Gasteiger partial charge is 0.236 e. The van der Waals surface area contributed by atoms with Crippen LogP contribution in [0.15, 0.2) is 29.3 Å². The van der Waals surface area contributed by atoms with Crippen LogP contribution in [0.5, 0.6) is 0 Å². The molecule has 1 aliphatic heterocycles. The molecule has 0 saturated carbocycles. The predicted octanol–water partition coefficient (Wildman–Crippen LogP) is 2.44. The molecule has 154 valence electrons. The number of nitrogens with zero attached hydrogens (tertiary/aromatic N) is 3. The first-order valence-corrected chi connectivity index (χ1v) is 11.3. The van der Waals surface area contributed by atoms with E-state index in [4.69, 9.17) is 0 Å². The highest BCUT2D eigenvalue weighted by Crippen LogP contribution is 2.29. The summed E-state index contributed by atoms with van der Waals surface area (Å²) < 4.78 is 26.9. The SMILES string of the molecule is CN=C(NCCS(=O)(=O)N1CCc2ccccc21)NCc1sc(C)nc1C.I. The average molecular weight is 535 g/mol. The van der Waals surface area contributed by atoms with Gasteiger partial charge in [-0.25, -0.2) is 13.4 Å². The van der Waals surface area contributed by atoms with E-state index in [0.717, 1.165) is 33.3 Å². The van der Waals surface area contributed by atoms with Gasteiger partial charge in [0, 0.05) is 25.0 Å². The van der Waals surface area contributed by atoms with E-state index in [1.54, 1.807) is 18.4 Å². The Morgan fingerprint density at radius 2 is 2.04 bits per heavy atom. The standard InChI is InChI=1S/C18H25N5O2S2.HI/c1-13-17(26-14(2)22-13)12-21-18(19-3)20-9-11-27(24,25)23-10-8-15-6-4-5-7-16(15)23;/h4-7H,8-12H2,1-3H3,(H2,19,20,21);1H. The van der Waals surface area contributed by atoms with Crippen LogP contribution in [0.4, 0.5) is 5.69 Å². The van der Waals surface area contributed by atoms with Gasteiger partial charge in [-0.05, 0) is 31.9 Å². The molecule has 0 radical (unpaired) electrons. The minimum Gasteiger partial charge on any atom is -0.355 e. The van der Waals surface area contributed by atoms with Crippen molar-refractivity contribution in [2.24, 2.45) is 4.99 Å². The highest BCUT2D eigenvalue weighted by molar-refractivity contribution is 14.0. The molecule has 1 aromatic heterocycles. The molecule has 0 atom stereocenters. The van der Waals surface area contributed by atoms with E-state index >= 15 is 0 Å². The summed E-state index contributed by atoms with van der Waals surface area (Å²) >= 11 is 1.65. The number of aryl methyl sites for hydroxylation is 2. The van der Waals surface area contributed by atoms with Crippen molar-refractivity contribution in [1.29, 1.82) is 0 Å². The predicted molar refractivity (Wildman–Crippen MR) is 126 cm³/mol. The van der Waals surface area contributed by atoms with Crippen molar-refractivity contribution in [1.82, 2.24) is 15.6 Å². The maximum atomic E-state index is 12.7. The summed E-state index contributed by atoms with van der Waals surface area (Å²) in [4.78, 5) is 9.72. The normalized spacial score (nSPS) is 13.8. The Labute approximate surface area is 187 Å². The van der Waals surface area contributed by atoms with Crippen molar-refractivity contribution in [3.63, 3.8) is 0 Å². The quantitative estimate of drug-likeness (QED) is 0.337. The van der Waals surface area contributed by atoms with Crippen molar-refractivity contribution < 1.29 is 8.42 Å². The van der Waals surface area contributed by atoms with Crippen molar-refractivity contribution in [3.05, 3.63) is 45.4 Å². The number of halogens is 1. The summed E-state index contributed by atoms with van der Waals surface area (Å²) in [6.07, 6.45) is 0.764. The molecule has 3 rings (SSSR count). The molecule has 0 saturated heterocycles. The molecule has 28 heavy (non-hydrogen) atoms. The third kappa shape index (κ3) is 5.35. The number of benzene rings is 1. The van der Waals surface area contributed by atoms with Gasteiger partial charge >= 0.3 is 0 Å². The molecule has 2 N–H and O–H groups in total. The number of aromatic nitrogens is 1. The van der Waals surface area contributed by atoms with E-state index in [1.165, 1.54) is 4.31 Å². The molecule has 2 aromatic rings. The lowest BCUT2D eigenvalue weighted by molar-refractivity contribution is 0.591. The number of aliphatic imine (C=N–C) groups is 1. The van der Waals surface area contributed by atoms with Crippen LogP contribution < -0.4 is 14.9 Å². The summed E-state index contributed by atoms with van der Waals surface area (Å²) in [7, 11) is -1.70. The number of para-hydroxylation sites is 1. The zero-order valence-electron chi connectivity index (χ0n) is 16.2. The Balaban J connectivity index is 0.00000280. The number of fused-ring (bicyclic) bond motifs is 1. The van der Waals surface area contributed by atoms with Crippen LogP contribution in [-0.2, 0) is 23.0 Å².